The molecule has 3 rings (SSSR count). The Labute approximate surface area is 136 Å². The first-order valence-electron chi connectivity index (χ1n) is 7.83. The maximum absolute atomic E-state index is 12.5. The Morgan fingerprint density at radius 1 is 1.45 bits per heavy atom. The van der Waals surface area contributed by atoms with Crippen LogP contribution in [0.25, 0.3) is 0 Å². The molecule has 1 aromatic rings. The zero-order valence-electron chi connectivity index (χ0n) is 13.0. The SMILES string of the molecule is COc1cccc(SCC(=O)N2CCCC3(CCOC3)C2)c1. The van der Waals surface area contributed by atoms with Crippen LogP contribution in [0.2, 0.25) is 0 Å². The van der Waals surface area contributed by atoms with E-state index in [9.17, 15) is 4.79 Å². The van der Waals surface area contributed by atoms with Crippen LogP contribution in [0.3, 0.4) is 0 Å². The predicted octanol–water partition coefficient (Wildman–Crippen LogP) is 2.82. The number of piperidine rings is 1. The molecule has 1 aromatic carbocycles. The molecule has 120 valence electrons. The minimum Gasteiger partial charge on any atom is -0.497 e. The van der Waals surface area contributed by atoms with Crippen molar-refractivity contribution in [3.8, 4) is 5.75 Å². The number of benzene rings is 1. The summed E-state index contributed by atoms with van der Waals surface area (Å²) in [5.74, 6) is 1.56. The van der Waals surface area contributed by atoms with E-state index in [-0.39, 0.29) is 11.3 Å². The summed E-state index contributed by atoms with van der Waals surface area (Å²) in [5, 5.41) is 0. The van der Waals surface area contributed by atoms with Gasteiger partial charge in [-0.1, -0.05) is 6.07 Å². The molecule has 1 atom stereocenters. The van der Waals surface area contributed by atoms with Crippen molar-refractivity contribution < 1.29 is 14.3 Å². The molecule has 4 nitrogen and oxygen atoms in total. The van der Waals surface area contributed by atoms with Crippen LogP contribution >= 0.6 is 11.8 Å². The molecule has 2 aliphatic heterocycles. The molecule has 2 heterocycles. The quantitative estimate of drug-likeness (QED) is 0.800. The normalized spacial score (nSPS) is 24.7. The van der Waals surface area contributed by atoms with E-state index in [2.05, 4.69) is 0 Å². The lowest BCUT2D eigenvalue weighted by atomic mass is 9.79. The molecule has 5 heteroatoms. The first-order valence-corrected chi connectivity index (χ1v) is 8.82. The lowest BCUT2D eigenvalue weighted by molar-refractivity contribution is -0.131. The Morgan fingerprint density at radius 3 is 3.14 bits per heavy atom. The second-order valence-corrected chi connectivity index (χ2v) is 7.24. The molecule has 1 spiro atoms. The van der Waals surface area contributed by atoms with Gasteiger partial charge < -0.3 is 14.4 Å². The van der Waals surface area contributed by atoms with E-state index in [0.717, 1.165) is 49.8 Å². The molecule has 0 aliphatic carbocycles. The van der Waals surface area contributed by atoms with Crippen LogP contribution in [0, 0.1) is 5.41 Å². The van der Waals surface area contributed by atoms with E-state index in [0.29, 0.717) is 5.75 Å². The number of carbonyl (C=O) groups is 1. The fourth-order valence-electron chi connectivity index (χ4n) is 3.32. The van der Waals surface area contributed by atoms with Gasteiger partial charge in [0.2, 0.25) is 5.91 Å². The van der Waals surface area contributed by atoms with Crippen LogP contribution in [0.15, 0.2) is 29.2 Å². The average molecular weight is 321 g/mol. The summed E-state index contributed by atoms with van der Waals surface area (Å²) in [4.78, 5) is 15.6. The predicted molar refractivity (Wildman–Crippen MR) is 87.4 cm³/mol. The highest BCUT2D eigenvalue weighted by Crippen LogP contribution is 2.37. The summed E-state index contributed by atoms with van der Waals surface area (Å²) in [6.45, 7) is 3.42. The molecule has 22 heavy (non-hydrogen) atoms. The van der Waals surface area contributed by atoms with E-state index in [4.69, 9.17) is 9.47 Å². The first-order chi connectivity index (χ1) is 10.7. The number of methoxy groups -OCH3 is 1. The van der Waals surface area contributed by atoms with E-state index in [1.807, 2.05) is 29.2 Å². The van der Waals surface area contributed by atoms with E-state index < -0.39 is 0 Å². The summed E-state index contributed by atoms with van der Waals surface area (Å²) >= 11 is 1.58. The molecule has 2 fully saturated rings. The lowest BCUT2D eigenvalue weighted by Crippen LogP contribution is -2.47. The van der Waals surface area contributed by atoms with Crippen LogP contribution in [-0.2, 0) is 9.53 Å². The summed E-state index contributed by atoms with van der Waals surface area (Å²) in [6.07, 6.45) is 3.39. The number of nitrogens with zero attached hydrogens (tertiary/aromatic N) is 1. The number of hydrogen-bond donors (Lipinski definition) is 0. The Bertz CT molecular complexity index is 528. The first kappa shape index (κ1) is 15.7. The zero-order chi connectivity index (χ0) is 15.4. The Hall–Kier alpha value is -1.20. The van der Waals surface area contributed by atoms with Gasteiger partial charge in [0.1, 0.15) is 5.75 Å². The van der Waals surface area contributed by atoms with Crippen molar-refractivity contribution >= 4 is 17.7 Å². The van der Waals surface area contributed by atoms with Crippen LogP contribution in [0.4, 0.5) is 0 Å². The van der Waals surface area contributed by atoms with E-state index in [1.165, 1.54) is 6.42 Å². The minimum atomic E-state index is 0.231. The largest absolute Gasteiger partial charge is 0.497 e. The molecule has 0 aromatic heterocycles. The maximum Gasteiger partial charge on any atom is 0.232 e. The highest BCUT2D eigenvalue weighted by Gasteiger charge is 2.40. The molecule has 2 saturated heterocycles. The minimum absolute atomic E-state index is 0.231. The van der Waals surface area contributed by atoms with Crippen molar-refractivity contribution in [2.45, 2.75) is 24.2 Å². The number of thioether (sulfide) groups is 1. The molecule has 0 N–H and O–H groups in total. The maximum atomic E-state index is 12.5. The van der Waals surface area contributed by atoms with Gasteiger partial charge in [0, 0.05) is 30.0 Å². The van der Waals surface area contributed by atoms with Gasteiger partial charge >= 0.3 is 0 Å². The average Bonchev–Trinajstić information content (AvgIpc) is 3.00. The topological polar surface area (TPSA) is 38.8 Å². The summed E-state index contributed by atoms with van der Waals surface area (Å²) in [6, 6.07) is 7.86. The molecule has 2 aliphatic rings. The van der Waals surface area contributed by atoms with E-state index >= 15 is 0 Å². The standard InChI is InChI=1S/C17H23NO3S/c1-20-14-4-2-5-15(10-14)22-11-16(19)18-8-3-6-17(12-18)7-9-21-13-17/h2,4-5,10H,3,6-9,11-13H2,1H3. The lowest BCUT2D eigenvalue weighted by Gasteiger charge is -2.39. The fourth-order valence-corrected chi connectivity index (χ4v) is 4.17. The van der Waals surface area contributed by atoms with Crippen LogP contribution in [0.5, 0.6) is 5.75 Å². The van der Waals surface area contributed by atoms with Crippen LogP contribution < -0.4 is 4.74 Å². The second kappa shape index (κ2) is 6.92. The molecule has 0 bridgehead atoms. The Morgan fingerprint density at radius 2 is 2.36 bits per heavy atom. The number of ether oxygens (including phenoxy) is 2. The fraction of sp³-hybridized carbons (Fsp3) is 0.588. The monoisotopic (exact) mass is 321 g/mol. The number of rotatable bonds is 4. The van der Waals surface area contributed by atoms with Gasteiger partial charge in [0.25, 0.3) is 0 Å². The summed E-state index contributed by atoms with van der Waals surface area (Å²) in [5.41, 5.74) is 0.231. The third-order valence-electron chi connectivity index (χ3n) is 4.60. The number of amides is 1. The van der Waals surface area contributed by atoms with Gasteiger partial charge in [-0.15, -0.1) is 11.8 Å². The molecular weight excluding hydrogens is 298 g/mol. The van der Waals surface area contributed by atoms with Crippen molar-refractivity contribution in [1.29, 1.82) is 0 Å². The molecule has 1 unspecified atom stereocenters. The third kappa shape index (κ3) is 3.58. The highest BCUT2D eigenvalue weighted by atomic mass is 32.2. The number of carbonyl (C=O) groups excluding carboxylic acids is 1. The highest BCUT2D eigenvalue weighted by molar-refractivity contribution is 8.00. The van der Waals surface area contributed by atoms with Crippen molar-refractivity contribution in [3.63, 3.8) is 0 Å². The van der Waals surface area contributed by atoms with Crippen molar-refractivity contribution in [2.75, 3.05) is 39.2 Å². The summed E-state index contributed by atoms with van der Waals surface area (Å²) in [7, 11) is 1.66. The van der Waals surface area contributed by atoms with E-state index in [1.54, 1.807) is 18.9 Å². The van der Waals surface area contributed by atoms with Crippen LogP contribution in [-0.4, -0.2) is 50.0 Å². The van der Waals surface area contributed by atoms with Gasteiger partial charge in [0.15, 0.2) is 0 Å². The Balaban J connectivity index is 1.55. The smallest absolute Gasteiger partial charge is 0.232 e. The molecule has 0 saturated carbocycles. The zero-order valence-corrected chi connectivity index (χ0v) is 13.9. The van der Waals surface area contributed by atoms with Gasteiger partial charge in [-0.2, -0.15) is 0 Å². The van der Waals surface area contributed by atoms with Gasteiger partial charge in [-0.3, -0.25) is 4.79 Å². The van der Waals surface area contributed by atoms with Gasteiger partial charge in [0.05, 0.1) is 19.5 Å². The summed E-state index contributed by atoms with van der Waals surface area (Å²) < 4.78 is 10.8. The Kier molecular flexibility index (Phi) is 4.93. The van der Waals surface area contributed by atoms with Crippen molar-refractivity contribution in [3.05, 3.63) is 24.3 Å². The van der Waals surface area contributed by atoms with Crippen molar-refractivity contribution in [2.24, 2.45) is 5.41 Å². The molecule has 1 amide bonds. The number of likely N-dealkylation sites (tertiary alicyclic amines) is 1. The van der Waals surface area contributed by atoms with Crippen molar-refractivity contribution in [1.82, 2.24) is 4.90 Å². The third-order valence-corrected chi connectivity index (χ3v) is 5.58. The van der Waals surface area contributed by atoms with Gasteiger partial charge in [-0.05, 0) is 37.5 Å². The molecular formula is C17H23NO3S. The molecule has 0 radical (unpaired) electrons. The number of hydrogen-bond acceptors (Lipinski definition) is 4. The second-order valence-electron chi connectivity index (χ2n) is 6.19. The van der Waals surface area contributed by atoms with Gasteiger partial charge in [-0.25, -0.2) is 0 Å². The van der Waals surface area contributed by atoms with Crippen LogP contribution in [0.1, 0.15) is 19.3 Å².